The summed E-state index contributed by atoms with van der Waals surface area (Å²) in [5.41, 5.74) is 0.820. The summed E-state index contributed by atoms with van der Waals surface area (Å²) in [6.45, 7) is 2.44. The Morgan fingerprint density at radius 2 is 1.81 bits per heavy atom. The molecule has 3 aliphatic carbocycles. The van der Waals surface area contributed by atoms with Crippen molar-refractivity contribution in [2.24, 2.45) is 10.8 Å². The molecule has 2 aromatic heterocycles. The van der Waals surface area contributed by atoms with Gasteiger partial charge in [0.25, 0.3) is 0 Å². The molecule has 0 amide bonds. The molecular weight excluding hydrogens is 466 g/mol. The van der Waals surface area contributed by atoms with Crippen molar-refractivity contribution < 1.29 is 23.4 Å². The average Bonchev–Trinajstić information content (AvgIpc) is 3.36. The van der Waals surface area contributed by atoms with E-state index in [2.05, 4.69) is 19.9 Å². The van der Waals surface area contributed by atoms with Gasteiger partial charge >= 0.3 is 5.97 Å². The van der Waals surface area contributed by atoms with Crippen LogP contribution in [-0.2, 0) is 9.53 Å². The number of nitrogens with one attached hydrogen (secondary N) is 1. The molecule has 3 saturated carbocycles. The second-order valence-corrected chi connectivity index (χ2v) is 10.8. The minimum Gasteiger partial charge on any atom is -0.481 e. The Morgan fingerprint density at radius 3 is 2.44 bits per heavy atom. The number of carboxylic acids is 1. The van der Waals surface area contributed by atoms with Gasteiger partial charge in [-0.05, 0) is 81.0 Å². The highest BCUT2D eigenvalue weighted by molar-refractivity contribution is 5.80. The van der Waals surface area contributed by atoms with Crippen molar-refractivity contribution in [2.45, 2.75) is 57.5 Å². The second kappa shape index (κ2) is 8.80. The van der Waals surface area contributed by atoms with Crippen molar-refractivity contribution in [2.75, 3.05) is 24.6 Å². The smallest absolute Gasteiger partial charge is 0.309 e. The molecule has 190 valence electrons. The summed E-state index contributed by atoms with van der Waals surface area (Å²) in [6, 6.07) is 6.38. The molecule has 0 spiro atoms. The van der Waals surface area contributed by atoms with E-state index in [4.69, 9.17) is 4.74 Å². The molecule has 2 N–H and O–H groups in total. The van der Waals surface area contributed by atoms with Gasteiger partial charge in [0.05, 0.1) is 23.6 Å². The van der Waals surface area contributed by atoms with Crippen LogP contribution in [0.15, 0.2) is 30.5 Å². The quantitative estimate of drug-likeness (QED) is 0.480. The summed E-state index contributed by atoms with van der Waals surface area (Å²) >= 11 is 0. The number of pyridine rings is 1. The average molecular weight is 497 g/mol. The van der Waals surface area contributed by atoms with Crippen molar-refractivity contribution in [3.63, 3.8) is 0 Å². The lowest BCUT2D eigenvalue weighted by Crippen LogP contribution is -2.48. The molecule has 7 nitrogen and oxygen atoms in total. The van der Waals surface area contributed by atoms with Crippen LogP contribution >= 0.6 is 0 Å². The largest absolute Gasteiger partial charge is 0.481 e. The maximum absolute atomic E-state index is 14.0. The molecule has 1 aromatic carbocycles. The fourth-order valence-electron chi connectivity index (χ4n) is 6.21. The summed E-state index contributed by atoms with van der Waals surface area (Å²) in [5, 5.41) is 9.60. The number of halogens is 2. The van der Waals surface area contributed by atoms with Crippen LogP contribution in [0.4, 0.5) is 14.6 Å². The molecule has 1 saturated heterocycles. The van der Waals surface area contributed by atoms with Gasteiger partial charge in [-0.3, -0.25) is 4.79 Å². The van der Waals surface area contributed by atoms with Crippen LogP contribution in [0.25, 0.3) is 22.4 Å². The number of fused-ring (bicyclic) bond motifs is 4. The minimum absolute atomic E-state index is 0.0154. The van der Waals surface area contributed by atoms with Crippen LogP contribution in [0, 0.1) is 22.5 Å². The standard InChI is InChI=1S/C27H30F2N4O3/c28-19-2-3-20-23(22(19)29)32-24(31-20)17-1-4-21(30-15-17)33-13-5-18(6-14-33)36-16-26-7-10-27(11-8-26,12-9-26)25(34)35/h1-4,15,18H,5-14,16H2,(H,31,32)(H,34,35). The monoisotopic (exact) mass is 496 g/mol. The minimum atomic E-state index is -0.954. The molecule has 36 heavy (non-hydrogen) atoms. The van der Waals surface area contributed by atoms with Gasteiger partial charge in [-0.15, -0.1) is 0 Å². The first-order chi connectivity index (χ1) is 17.4. The Morgan fingerprint density at radius 1 is 1.08 bits per heavy atom. The highest BCUT2D eigenvalue weighted by Gasteiger charge is 2.52. The number of aliphatic carboxylic acids is 1. The predicted octanol–water partition coefficient (Wildman–Crippen LogP) is 5.31. The third-order valence-electron chi connectivity index (χ3n) is 8.81. The number of H-pyrrole nitrogens is 1. The zero-order valence-electron chi connectivity index (χ0n) is 20.1. The van der Waals surface area contributed by atoms with Crippen molar-refractivity contribution in [1.82, 2.24) is 15.0 Å². The number of ether oxygens (including phenoxy) is 1. The molecule has 3 heterocycles. The van der Waals surface area contributed by atoms with Gasteiger partial charge in [0, 0.05) is 24.8 Å². The van der Waals surface area contributed by atoms with E-state index in [1.165, 1.54) is 6.07 Å². The third kappa shape index (κ3) is 4.03. The lowest BCUT2D eigenvalue weighted by Gasteiger charge is -2.51. The number of aromatic nitrogens is 3. The number of hydrogen-bond donors (Lipinski definition) is 2. The lowest BCUT2D eigenvalue weighted by molar-refractivity contribution is -0.162. The molecule has 3 aromatic rings. The second-order valence-electron chi connectivity index (χ2n) is 10.8. The van der Waals surface area contributed by atoms with Crippen LogP contribution in [0.5, 0.6) is 0 Å². The number of anilines is 1. The van der Waals surface area contributed by atoms with Gasteiger partial charge in [0.2, 0.25) is 0 Å². The maximum Gasteiger partial charge on any atom is 0.309 e. The zero-order valence-corrected chi connectivity index (χ0v) is 20.1. The fourth-order valence-corrected chi connectivity index (χ4v) is 6.21. The molecule has 2 bridgehead atoms. The van der Waals surface area contributed by atoms with E-state index in [0.717, 1.165) is 82.9 Å². The zero-order chi connectivity index (χ0) is 24.9. The Hall–Kier alpha value is -3.07. The fraction of sp³-hybridized carbons (Fsp3) is 0.519. The van der Waals surface area contributed by atoms with Gasteiger partial charge < -0.3 is 19.7 Å². The Kier molecular flexibility index (Phi) is 5.70. The number of nitrogens with zero attached hydrogens (tertiary/aromatic N) is 3. The van der Waals surface area contributed by atoms with E-state index in [0.29, 0.717) is 16.9 Å². The van der Waals surface area contributed by atoms with E-state index in [1.807, 2.05) is 12.1 Å². The number of carboxylic acid groups (broad SMARTS) is 1. The van der Waals surface area contributed by atoms with E-state index in [-0.39, 0.29) is 17.0 Å². The van der Waals surface area contributed by atoms with Crippen molar-refractivity contribution in [3.05, 3.63) is 42.1 Å². The van der Waals surface area contributed by atoms with E-state index in [1.54, 1.807) is 6.20 Å². The van der Waals surface area contributed by atoms with Gasteiger partial charge in [0.15, 0.2) is 11.6 Å². The van der Waals surface area contributed by atoms with E-state index >= 15 is 0 Å². The van der Waals surface area contributed by atoms with Crippen molar-refractivity contribution in [1.29, 1.82) is 0 Å². The SMILES string of the molecule is O=C(O)C12CCC(COC3CCN(c4ccc(-c5nc6c(F)c(F)ccc6[nH]5)cn4)CC3)(CC1)CC2. The molecule has 7 rings (SSSR count). The first-order valence-corrected chi connectivity index (χ1v) is 12.8. The van der Waals surface area contributed by atoms with Crippen LogP contribution in [0.3, 0.4) is 0 Å². The van der Waals surface area contributed by atoms with Crippen molar-refractivity contribution >= 4 is 22.8 Å². The highest BCUT2D eigenvalue weighted by atomic mass is 19.2. The van der Waals surface area contributed by atoms with Crippen LogP contribution < -0.4 is 4.90 Å². The van der Waals surface area contributed by atoms with Crippen LogP contribution in [0.2, 0.25) is 0 Å². The molecular formula is C27H30F2N4O3. The normalized spacial score (nSPS) is 26.6. The summed E-state index contributed by atoms with van der Waals surface area (Å²) in [7, 11) is 0. The number of imidazole rings is 1. The Labute approximate surface area is 207 Å². The van der Waals surface area contributed by atoms with Crippen molar-refractivity contribution in [3.8, 4) is 11.4 Å². The lowest BCUT2D eigenvalue weighted by atomic mass is 9.54. The first kappa shape index (κ1) is 23.3. The number of piperidine rings is 1. The number of carbonyl (C=O) groups is 1. The summed E-state index contributed by atoms with van der Waals surface area (Å²) in [4.78, 5) is 25.7. The van der Waals surface area contributed by atoms with Gasteiger partial charge in [-0.25, -0.2) is 18.7 Å². The van der Waals surface area contributed by atoms with Gasteiger partial charge in [-0.2, -0.15) is 0 Å². The number of aromatic amines is 1. The van der Waals surface area contributed by atoms with Crippen LogP contribution in [-0.4, -0.2) is 51.8 Å². The number of hydrogen-bond acceptors (Lipinski definition) is 5. The maximum atomic E-state index is 14.0. The highest BCUT2D eigenvalue weighted by Crippen LogP contribution is 2.57. The number of benzene rings is 1. The first-order valence-electron chi connectivity index (χ1n) is 12.8. The van der Waals surface area contributed by atoms with Crippen LogP contribution in [0.1, 0.15) is 51.4 Å². The summed E-state index contributed by atoms with van der Waals surface area (Å²) < 4.78 is 33.9. The summed E-state index contributed by atoms with van der Waals surface area (Å²) in [6.07, 6.45) is 8.99. The molecule has 9 heteroatoms. The molecule has 0 radical (unpaired) electrons. The van der Waals surface area contributed by atoms with Gasteiger partial charge in [0.1, 0.15) is 17.2 Å². The predicted molar refractivity (Wildman–Crippen MR) is 131 cm³/mol. The Balaban J connectivity index is 1.03. The number of rotatable bonds is 6. The third-order valence-corrected chi connectivity index (χ3v) is 8.81. The Bertz CT molecular complexity index is 1260. The molecule has 4 aliphatic rings. The molecule has 1 aliphatic heterocycles. The molecule has 4 fully saturated rings. The molecule has 0 atom stereocenters. The van der Waals surface area contributed by atoms with Gasteiger partial charge in [-0.1, -0.05) is 0 Å². The van der Waals surface area contributed by atoms with E-state index < -0.39 is 23.0 Å². The van der Waals surface area contributed by atoms with E-state index in [9.17, 15) is 18.7 Å². The topological polar surface area (TPSA) is 91.3 Å². The molecule has 0 unspecified atom stereocenters. The summed E-state index contributed by atoms with van der Waals surface area (Å²) in [5.74, 6) is -1.17.